The van der Waals surface area contributed by atoms with Crippen LogP contribution in [0.25, 0.3) is 10.9 Å². The number of aromatic nitrogens is 1. The van der Waals surface area contributed by atoms with E-state index in [4.69, 9.17) is 5.41 Å². The van der Waals surface area contributed by atoms with Crippen molar-refractivity contribution in [1.82, 2.24) is 14.8 Å². The van der Waals surface area contributed by atoms with E-state index < -0.39 is 0 Å². The smallest absolute Gasteiger partial charge is 0.140 e. The quantitative estimate of drug-likeness (QED) is 0.275. The summed E-state index contributed by atoms with van der Waals surface area (Å²) in [5.41, 5.74) is 2.22. The number of likely N-dealkylation sites (tertiary alicyclic amines) is 1. The van der Waals surface area contributed by atoms with E-state index in [2.05, 4.69) is 57.5 Å². The van der Waals surface area contributed by atoms with E-state index >= 15 is 0 Å². The standard InChI is InChI=1S/C23H31N5S/c1-2-27-12-3-6-20(27)17-25-11-5-13-28-14-10-18-16-19(8-9-21(18)28)26-23(24)22-7-4-15-29-22/h4,7-10,14-16,20,25H,2-3,5-6,11-13,17H2,1H3,(H2,24,26). The molecule has 1 aromatic carbocycles. The molecule has 1 aliphatic rings. The molecule has 0 bridgehead atoms. The van der Waals surface area contributed by atoms with Gasteiger partial charge in [-0.2, -0.15) is 0 Å². The normalized spacial score (nSPS) is 17.2. The van der Waals surface area contributed by atoms with Crippen molar-refractivity contribution >= 4 is 33.8 Å². The Kier molecular flexibility index (Phi) is 6.64. The maximum absolute atomic E-state index is 8.20. The number of fused-ring (bicyclic) bond motifs is 1. The third-order valence-corrected chi connectivity index (χ3v) is 6.73. The molecule has 0 radical (unpaired) electrons. The van der Waals surface area contributed by atoms with E-state index in [1.54, 1.807) is 11.3 Å². The average Bonchev–Trinajstić information content (AvgIpc) is 3.48. The third-order valence-electron chi connectivity index (χ3n) is 5.85. The van der Waals surface area contributed by atoms with E-state index in [1.165, 1.54) is 36.8 Å². The van der Waals surface area contributed by atoms with Gasteiger partial charge in [0.25, 0.3) is 0 Å². The van der Waals surface area contributed by atoms with Crippen LogP contribution in [0.1, 0.15) is 31.1 Å². The minimum Gasteiger partial charge on any atom is -0.347 e. The molecule has 1 aliphatic heterocycles. The Hall–Kier alpha value is -2.15. The van der Waals surface area contributed by atoms with Crippen LogP contribution in [0.4, 0.5) is 5.69 Å². The number of likely N-dealkylation sites (N-methyl/N-ethyl adjacent to an activating group) is 1. The number of nitrogens with zero attached hydrogens (tertiary/aromatic N) is 2. The first-order chi connectivity index (χ1) is 14.2. The fraction of sp³-hybridized carbons (Fsp3) is 0.435. The second-order valence-electron chi connectivity index (χ2n) is 7.74. The first-order valence-corrected chi connectivity index (χ1v) is 11.6. The van der Waals surface area contributed by atoms with E-state index in [0.29, 0.717) is 5.84 Å². The number of amidine groups is 1. The lowest BCUT2D eigenvalue weighted by Crippen LogP contribution is -2.38. The summed E-state index contributed by atoms with van der Waals surface area (Å²) in [6, 6.07) is 13.2. The van der Waals surface area contributed by atoms with E-state index in [-0.39, 0.29) is 0 Å². The molecule has 1 fully saturated rings. The van der Waals surface area contributed by atoms with Crippen LogP contribution in [-0.4, -0.2) is 47.5 Å². The molecule has 4 rings (SSSR count). The summed E-state index contributed by atoms with van der Waals surface area (Å²) < 4.78 is 2.33. The van der Waals surface area contributed by atoms with Gasteiger partial charge in [-0.15, -0.1) is 11.3 Å². The first kappa shape index (κ1) is 20.1. The summed E-state index contributed by atoms with van der Waals surface area (Å²) in [7, 11) is 0. The van der Waals surface area contributed by atoms with Crippen molar-refractivity contribution in [3.63, 3.8) is 0 Å². The van der Waals surface area contributed by atoms with Crippen molar-refractivity contribution in [3.05, 3.63) is 52.9 Å². The predicted molar refractivity (Wildman–Crippen MR) is 124 cm³/mol. The summed E-state index contributed by atoms with van der Waals surface area (Å²) in [5, 5.41) is 18.3. The fourth-order valence-electron chi connectivity index (χ4n) is 4.29. The zero-order valence-corrected chi connectivity index (χ0v) is 18.0. The molecule has 5 nitrogen and oxygen atoms in total. The van der Waals surface area contributed by atoms with Crippen molar-refractivity contribution in [3.8, 4) is 0 Å². The average molecular weight is 410 g/mol. The lowest BCUT2D eigenvalue weighted by molar-refractivity contribution is 0.260. The van der Waals surface area contributed by atoms with Gasteiger partial charge >= 0.3 is 0 Å². The molecule has 3 aromatic rings. The van der Waals surface area contributed by atoms with Crippen molar-refractivity contribution in [1.29, 1.82) is 5.41 Å². The Labute approximate surface area is 177 Å². The van der Waals surface area contributed by atoms with Crippen LogP contribution in [0, 0.1) is 5.41 Å². The van der Waals surface area contributed by atoms with Gasteiger partial charge < -0.3 is 15.2 Å². The van der Waals surface area contributed by atoms with Gasteiger partial charge in [-0.25, -0.2) is 0 Å². The molecule has 154 valence electrons. The van der Waals surface area contributed by atoms with Gasteiger partial charge in [0.05, 0.1) is 4.88 Å². The molecular weight excluding hydrogens is 378 g/mol. The predicted octanol–water partition coefficient (Wildman–Crippen LogP) is 4.60. The summed E-state index contributed by atoms with van der Waals surface area (Å²) in [5.74, 6) is 0.453. The highest BCUT2D eigenvalue weighted by Gasteiger charge is 2.21. The lowest BCUT2D eigenvalue weighted by atomic mass is 10.2. The second kappa shape index (κ2) is 9.57. The minimum absolute atomic E-state index is 0.453. The Morgan fingerprint density at radius 1 is 1.28 bits per heavy atom. The minimum atomic E-state index is 0.453. The van der Waals surface area contributed by atoms with Gasteiger partial charge in [-0.3, -0.25) is 10.3 Å². The highest BCUT2D eigenvalue weighted by atomic mass is 32.1. The van der Waals surface area contributed by atoms with E-state index in [9.17, 15) is 0 Å². The monoisotopic (exact) mass is 409 g/mol. The highest BCUT2D eigenvalue weighted by Crippen LogP contribution is 2.22. The van der Waals surface area contributed by atoms with Crippen LogP contribution in [0.5, 0.6) is 0 Å². The summed E-state index contributed by atoms with van der Waals surface area (Å²) >= 11 is 1.58. The molecule has 0 spiro atoms. The van der Waals surface area contributed by atoms with Gasteiger partial charge in [0.15, 0.2) is 0 Å². The van der Waals surface area contributed by atoms with Gasteiger partial charge in [-0.1, -0.05) is 13.0 Å². The van der Waals surface area contributed by atoms with Gasteiger partial charge in [-0.05, 0) is 74.6 Å². The van der Waals surface area contributed by atoms with Crippen LogP contribution < -0.4 is 10.6 Å². The molecule has 0 aliphatic carbocycles. The van der Waals surface area contributed by atoms with Crippen molar-refractivity contribution in [2.24, 2.45) is 0 Å². The zero-order chi connectivity index (χ0) is 20.1. The molecule has 1 atom stereocenters. The van der Waals surface area contributed by atoms with Crippen molar-refractivity contribution in [2.45, 2.75) is 38.8 Å². The maximum Gasteiger partial charge on any atom is 0.140 e. The molecule has 2 aromatic heterocycles. The SMILES string of the molecule is CCN1CCCC1CNCCCn1ccc2cc(NC(=N)c3cccs3)ccc21. The summed E-state index contributed by atoms with van der Waals surface area (Å²) in [6.07, 6.45) is 5.99. The largest absolute Gasteiger partial charge is 0.347 e. The lowest BCUT2D eigenvalue weighted by Gasteiger charge is -2.23. The van der Waals surface area contributed by atoms with Gasteiger partial charge in [0, 0.05) is 41.9 Å². The van der Waals surface area contributed by atoms with Crippen LogP contribution in [0.2, 0.25) is 0 Å². The Balaban J connectivity index is 1.27. The first-order valence-electron chi connectivity index (χ1n) is 10.7. The van der Waals surface area contributed by atoms with Crippen LogP contribution in [0.3, 0.4) is 0 Å². The number of rotatable bonds is 9. The number of hydrogen-bond donors (Lipinski definition) is 3. The molecule has 6 heteroatoms. The summed E-state index contributed by atoms with van der Waals surface area (Å²) in [4.78, 5) is 3.55. The Morgan fingerprint density at radius 2 is 2.21 bits per heavy atom. The molecule has 29 heavy (non-hydrogen) atoms. The molecule has 0 amide bonds. The van der Waals surface area contributed by atoms with Crippen LogP contribution >= 0.6 is 11.3 Å². The van der Waals surface area contributed by atoms with Crippen molar-refractivity contribution in [2.75, 3.05) is 31.5 Å². The number of hydrogen-bond acceptors (Lipinski definition) is 4. The fourth-order valence-corrected chi connectivity index (χ4v) is 4.92. The van der Waals surface area contributed by atoms with Crippen molar-refractivity contribution < 1.29 is 0 Å². The maximum atomic E-state index is 8.20. The van der Waals surface area contributed by atoms with Crippen LogP contribution in [-0.2, 0) is 6.54 Å². The molecule has 0 saturated carbocycles. The van der Waals surface area contributed by atoms with E-state index in [1.807, 2.05) is 17.5 Å². The number of thiophene rings is 1. The molecule has 3 N–H and O–H groups in total. The van der Waals surface area contributed by atoms with Gasteiger partial charge in [0.1, 0.15) is 5.84 Å². The van der Waals surface area contributed by atoms with E-state index in [0.717, 1.165) is 42.7 Å². The zero-order valence-electron chi connectivity index (χ0n) is 17.2. The number of anilines is 1. The number of aryl methyl sites for hydroxylation is 1. The Morgan fingerprint density at radius 3 is 3.03 bits per heavy atom. The topological polar surface area (TPSA) is 56.1 Å². The number of nitrogens with one attached hydrogen (secondary N) is 3. The highest BCUT2D eigenvalue weighted by molar-refractivity contribution is 7.12. The molecule has 1 unspecified atom stereocenters. The summed E-state index contributed by atoms with van der Waals surface area (Å²) in [6.45, 7) is 7.90. The third kappa shape index (κ3) is 4.89. The molecule has 3 heterocycles. The van der Waals surface area contributed by atoms with Crippen LogP contribution in [0.15, 0.2) is 48.0 Å². The molecular formula is C23H31N5S. The van der Waals surface area contributed by atoms with Gasteiger partial charge in [0.2, 0.25) is 0 Å². The Bertz CT molecular complexity index is 930. The number of benzene rings is 1. The molecule has 1 saturated heterocycles. The second-order valence-corrected chi connectivity index (χ2v) is 8.69.